The van der Waals surface area contributed by atoms with Crippen molar-refractivity contribution >= 4 is 72.4 Å². The van der Waals surface area contributed by atoms with Gasteiger partial charge in [0.15, 0.2) is 0 Å². The zero-order valence-corrected chi connectivity index (χ0v) is 27.1. The minimum atomic E-state index is 0.588. The fourth-order valence-corrected chi connectivity index (χ4v) is 7.34. The second-order valence-electron chi connectivity index (χ2n) is 12.4. The van der Waals surface area contributed by atoms with Crippen molar-refractivity contribution in [1.82, 2.24) is 4.57 Å². The normalized spacial score (nSPS) is 11.9. The lowest BCUT2D eigenvalue weighted by molar-refractivity contribution is 0.603. The number of benzene rings is 6. The van der Waals surface area contributed by atoms with E-state index in [1.807, 2.05) is 66.7 Å². The van der Waals surface area contributed by atoms with Gasteiger partial charge in [0, 0.05) is 38.1 Å². The van der Waals surface area contributed by atoms with Gasteiger partial charge in [0.2, 0.25) is 0 Å². The molecule has 0 fully saturated rings. The predicted octanol–water partition coefficient (Wildman–Crippen LogP) is 12.0. The second kappa shape index (κ2) is 11.3. The minimum Gasteiger partial charge on any atom is -0.456 e. The third-order valence-electron chi connectivity index (χ3n) is 9.64. The number of nitriles is 2. The lowest BCUT2D eigenvalue weighted by Crippen LogP contribution is -2.00. The molecule has 0 aliphatic carbocycles. The summed E-state index contributed by atoms with van der Waals surface area (Å²) in [4.78, 5) is 0. The van der Waals surface area contributed by atoms with E-state index < -0.39 is 0 Å². The maximum absolute atomic E-state index is 10.5. The Hall–Kier alpha value is -7.08. The van der Waals surface area contributed by atoms with E-state index in [2.05, 4.69) is 90.9 Å². The highest BCUT2D eigenvalue weighted by molar-refractivity contribution is 6.22. The molecule has 0 amide bonds. The van der Waals surface area contributed by atoms with Crippen molar-refractivity contribution in [1.29, 1.82) is 10.5 Å². The van der Waals surface area contributed by atoms with Crippen LogP contribution in [0.2, 0.25) is 0 Å². The zero-order chi connectivity index (χ0) is 33.9. The van der Waals surface area contributed by atoms with E-state index in [1.54, 1.807) is 6.08 Å². The Morgan fingerprint density at radius 1 is 0.680 bits per heavy atom. The van der Waals surface area contributed by atoms with Crippen molar-refractivity contribution in [2.45, 2.75) is 6.92 Å². The van der Waals surface area contributed by atoms with Gasteiger partial charge in [0.1, 0.15) is 28.6 Å². The molecule has 0 N–H and O–H groups in total. The molecule has 3 heterocycles. The lowest BCUT2D eigenvalue weighted by Gasteiger charge is -2.16. The molecule has 6 aromatic carbocycles. The number of aromatic nitrogens is 1. The Bertz CT molecular complexity index is 2920. The van der Waals surface area contributed by atoms with Crippen LogP contribution in [0.5, 0.6) is 0 Å². The highest BCUT2D eigenvalue weighted by Crippen LogP contribution is 2.43. The molecular formula is C45H27N3O2. The number of hydrogen-bond donors (Lipinski definition) is 0. The highest BCUT2D eigenvalue weighted by Gasteiger charge is 2.22. The molecule has 0 spiro atoms. The summed E-state index contributed by atoms with van der Waals surface area (Å²) < 4.78 is 15.0. The summed E-state index contributed by atoms with van der Waals surface area (Å²) in [5.74, 6) is 0.668. The van der Waals surface area contributed by atoms with Gasteiger partial charge in [-0.15, -0.1) is 0 Å². The lowest BCUT2D eigenvalue weighted by atomic mass is 9.96. The van der Waals surface area contributed by atoms with Crippen molar-refractivity contribution in [3.05, 3.63) is 156 Å². The van der Waals surface area contributed by atoms with E-state index in [9.17, 15) is 10.5 Å². The minimum absolute atomic E-state index is 0.588. The maximum atomic E-state index is 10.5. The zero-order valence-electron chi connectivity index (χ0n) is 27.1. The topological polar surface area (TPSA) is 78.8 Å². The molecule has 0 saturated heterocycles. The molecular weight excluding hydrogens is 615 g/mol. The van der Waals surface area contributed by atoms with Gasteiger partial charge >= 0.3 is 0 Å². The summed E-state index contributed by atoms with van der Waals surface area (Å²) in [6, 6.07) is 45.0. The first-order valence-electron chi connectivity index (χ1n) is 16.3. The smallest absolute Gasteiger partial charge is 0.136 e. The number of fused-ring (bicyclic) bond motifs is 8. The van der Waals surface area contributed by atoms with Crippen molar-refractivity contribution in [2.24, 2.45) is 0 Å². The van der Waals surface area contributed by atoms with Crippen molar-refractivity contribution in [2.75, 3.05) is 0 Å². The van der Waals surface area contributed by atoms with Crippen LogP contribution in [0.3, 0.4) is 0 Å². The summed E-state index contributed by atoms with van der Waals surface area (Å²) in [6.07, 6.45) is 3.85. The summed E-state index contributed by atoms with van der Waals surface area (Å²) in [5, 5.41) is 24.8. The van der Waals surface area contributed by atoms with Gasteiger partial charge in [-0.05, 0) is 90.4 Å². The first-order valence-corrected chi connectivity index (χ1v) is 16.3. The number of furan rings is 2. The van der Waals surface area contributed by atoms with Gasteiger partial charge in [-0.1, -0.05) is 73.3 Å². The summed E-state index contributed by atoms with van der Waals surface area (Å²) in [5.41, 5.74) is 11.2. The molecule has 0 bridgehead atoms. The summed E-state index contributed by atoms with van der Waals surface area (Å²) in [6.45, 7) is 6.11. The van der Waals surface area contributed by atoms with Crippen LogP contribution in [0.15, 0.2) is 137 Å². The molecule has 0 aliphatic heterocycles. The van der Waals surface area contributed by atoms with Crippen LogP contribution in [0.1, 0.15) is 34.9 Å². The van der Waals surface area contributed by atoms with Crippen molar-refractivity contribution in [3.8, 4) is 29.0 Å². The number of allylic oxidation sites excluding steroid dienone is 1. The van der Waals surface area contributed by atoms with Crippen LogP contribution < -0.4 is 0 Å². The molecule has 9 aromatic rings. The Labute approximate surface area is 287 Å². The Morgan fingerprint density at radius 2 is 1.36 bits per heavy atom. The maximum Gasteiger partial charge on any atom is 0.136 e. The third-order valence-corrected chi connectivity index (χ3v) is 9.64. The van der Waals surface area contributed by atoms with Crippen LogP contribution in [0.25, 0.3) is 89.3 Å². The number of nitrogens with zero attached hydrogens (tertiary/aromatic N) is 3. The van der Waals surface area contributed by atoms with E-state index in [0.29, 0.717) is 16.9 Å². The number of rotatable bonds is 5. The number of para-hydroxylation sites is 3. The van der Waals surface area contributed by atoms with E-state index in [-0.39, 0.29) is 0 Å². The molecule has 0 aliphatic rings. The summed E-state index contributed by atoms with van der Waals surface area (Å²) >= 11 is 0. The monoisotopic (exact) mass is 641 g/mol. The van der Waals surface area contributed by atoms with Crippen LogP contribution >= 0.6 is 0 Å². The third kappa shape index (κ3) is 4.32. The van der Waals surface area contributed by atoms with Crippen LogP contribution in [0.4, 0.5) is 0 Å². The van der Waals surface area contributed by atoms with Gasteiger partial charge < -0.3 is 13.4 Å². The Balaban J connectivity index is 1.31. The van der Waals surface area contributed by atoms with Crippen LogP contribution in [-0.4, -0.2) is 4.57 Å². The van der Waals surface area contributed by atoms with Gasteiger partial charge in [-0.2, -0.15) is 10.5 Å². The standard InChI is InChI=1S/C45H27N3O2/c1-3-39-35(23-27(2)29-17-15-28(25-46)16-18-29)43-41(49-39)21-22-42-44(43)36-24-30(19-20-40(36)50-42)32-12-8-9-31(26-47)45(32)48-37-13-6-4-10-33(37)34-11-5-7-14-38(34)48/h3-24H,1H2,2H3/b27-23+. The summed E-state index contributed by atoms with van der Waals surface area (Å²) in [7, 11) is 0. The number of hydrogen-bond acceptors (Lipinski definition) is 4. The second-order valence-corrected chi connectivity index (χ2v) is 12.4. The largest absolute Gasteiger partial charge is 0.456 e. The van der Waals surface area contributed by atoms with Gasteiger partial charge in [-0.3, -0.25) is 0 Å². The molecule has 0 unspecified atom stereocenters. The van der Waals surface area contributed by atoms with Crippen LogP contribution in [-0.2, 0) is 0 Å². The Kier molecular flexibility index (Phi) is 6.56. The van der Waals surface area contributed by atoms with E-state index in [1.165, 1.54) is 0 Å². The van der Waals surface area contributed by atoms with Crippen molar-refractivity contribution in [3.63, 3.8) is 0 Å². The van der Waals surface area contributed by atoms with Crippen LogP contribution in [0, 0.1) is 22.7 Å². The van der Waals surface area contributed by atoms with E-state index >= 15 is 0 Å². The molecule has 9 rings (SSSR count). The van der Waals surface area contributed by atoms with Gasteiger partial charge in [-0.25, -0.2) is 0 Å². The molecule has 0 radical (unpaired) electrons. The molecule has 5 nitrogen and oxygen atoms in total. The predicted molar refractivity (Wildman–Crippen MR) is 203 cm³/mol. The molecule has 3 aromatic heterocycles. The molecule has 0 saturated carbocycles. The molecule has 0 atom stereocenters. The quantitative estimate of drug-likeness (QED) is 0.187. The first-order chi connectivity index (χ1) is 24.6. The molecule has 50 heavy (non-hydrogen) atoms. The Morgan fingerprint density at radius 3 is 2.04 bits per heavy atom. The van der Waals surface area contributed by atoms with Crippen molar-refractivity contribution < 1.29 is 8.83 Å². The highest BCUT2D eigenvalue weighted by atomic mass is 16.3. The van der Waals surface area contributed by atoms with Gasteiger partial charge in [0.05, 0.1) is 33.9 Å². The average molecular weight is 642 g/mol. The fourth-order valence-electron chi connectivity index (χ4n) is 7.34. The molecule has 5 heteroatoms. The first kappa shape index (κ1) is 29.1. The fraction of sp³-hybridized carbons (Fsp3) is 0.0222. The SMILES string of the molecule is C=Cc1oc2ccc3oc4ccc(-c5cccc(C#N)c5-n5c6ccccc6c6ccccc65)cc4c3c2c1/C=C(\C)c1ccc(C#N)cc1. The van der Waals surface area contributed by atoms with Gasteiger partial charge in [0.25, 0.3) is 0 Å². The molecule has 234 valence electrons. The van der Waals surface area contributed by atoms with E-state index in [4.69, 9.17) is 8.83 Å². The average Bonchev–Trinajstić information content (AvgIpc) is 3.83. The van der Waals surface area contributed by atoms with E-state index in [0.717, 1.165) is 88.2 Å².